The Bertz CT molecular complexity index is 690. The number of halogens is 1. The molecule has 3 fully saturated rings. The molecule has 2 bridgehead atoms. The summed E-state index contributed by atoms with van der Waals surface area (Å²) in [6.45, 7) is 3.36. The zero-order chi connectivity index (χ0) is 14.4. The lowest BCUT2D eigenvalue weighted by atomic mass is 9.84. The molecule has 0 saturated carbocycles. The SMILES string of the molecule is O=C(N[C@H]1CN2CCC1CC2)c1ccn2cc(Br)nc2c1. The standard InChI is InChI=1S/C15H17BrN4O/c16-13-9-20-6-3-11(7-14(20)18-13)15(21)17-12-8-19-4-1-10(12)2-5-19/h3,6-7,9-10,12H,1-2,4-5,8H2,(H,17,21)/t12-/m0/s1. The maximum Gasteiger partial charge on any atom is 0.251 e. The first kappa shape index (κ1) is 13.3. The van der Waals surface area contributed by atoms with Crippen LogP contribution < -0.4 is 5.32 Å². The average molecular weight is 349 g/mol. The van der Waals surface area contributed by atoms with Gasteiger partial charge in [0.15, 0.2) is 0 Å². The van der Waals surface area contributed by atoms with E-state index in [-0.39, 0.29) is 5.91 Å². The van der Waals surface area contributed by atoms with E-state index < -0.39 is 0 Å². The number of pyridine rings is 1. The molecule has 0 aromatic carbocycles. The molecule has 5 heterocycles. The highest BCUT2D eigenvalue weighted by Gasteiger charge is 2.34. The van der Waals surface area contributed by atoms with Crippen LogP contribution in [-0.4, -0.2) is 45.9 Å². The van der Waals surface area contributed by atoms with Gasteiger partial charge in [0.25, 0.3) is 5.91 Å². The lowest BCUT2D eigenvalue weighted by Crippen LogP contribution is -2.57. The molecule has 0 aliphatic carbocycles. The van der Waals surface area contributed by atoms with E-state index in [9.17, 15) is 4.79 Å². The topological polar surface area (TPSA) is 49.6 Å². The summed E-state index contributed by atoms with van der Waals surface area (Å²) in [7, 11) is 0. The molecule has 2 aromatic rings. The fraction of sp³-hybridized carbons (Fsp3) is 0.467. The summed E-state index contributed by atoms with van der Waals surface area (Å²) in [6, 6.07) is 3.97. The number of fused-ring (bicyclic) bond motifs is 4. The molecule has 110 valence electrons. The minimum atomic E-state index is 0.00960. The third kappa shape index (κ3) is 2.46. The number of carbonyl (C=O) groups excluding carboxylic acids is 1. The van der Waals surface area contributed by atoms with Crippen molar-refractivity contribution in [2.75, 3.05) is 19.6 Å². The summed E-state index contributed by atoms with van der Waals surface area (Å²) in [5, 5.41) is 3.21. The molecular formula is C15H17BrN4O. The summed E-state index contributed by atoms with van der Waals surface area (Å²) in [5.74, 6) is 0.652. The summed E-state index contributed by atoms with van der Waals surface area (Å²) in [5.41, 5.74) is 1.46. The Morgan fingerprint density at radius 2 is 2.19 bits per heavy atom. The smallest absolute Gasteiger partial charge is 0.251 e. The number of hydrogen-bond donors (Lipinski definition) is 1. The third-order valence-electron chi connectivity index (χ3n) is 4.67. The number of nitrogens with zero attached hydrogens (tertiary/aromatic N) is 3. The molecule has 1 amide bonds. The van der Waals surface area contributed by atoms with Crippen LogP contribution in [0.5, 0.6) is 0 Å². The molecule has 1 N–H and O–H groups in total. The highest BCUT2D eigenvalue weighted by atomic mass is 79.9. The van der Waals surface area contributed by atoms with Crippen molar-refractivity contribution in [3.05, 3.63) is 34.7 Å². The van der Waals surface area contributed by atoms with E-state index in [2.05, 4.69) is 31.1 Å². The zero-order valence-electron chi connectivity index (χ0n) is 11.6. The van der Waals surface area contributed by atoms with Crippen LogP contribution in [0, 0.1) is 5.92 Å². The predicted molar refractivity (Wildman–Crippen MR) is 83.3 cm³/mol. The molecule has 5 rings (SSSR count). The zero-order valence-corrected chi connectivity index (χ0v) is 13.2. The van der Waals surface area contributed by atoms with Crippen molar-refractivity contribution in [2.24, 2.45) is 5.92 Å². The van der Waals surface area contributed by atoms with Gasteiger partial charge in [0.05, 0.1) is 0 Å². The van der Waals surface area contributed by atoms with E-state index >= 15 is 0 Å². The van der Waals surface area contributed by atoms with E-state index in [1.165, 1.54) is 25.9 Å². The van der Waals surface area contributed by atoms with Crippen LogP contribution in [0.1, 0.15) is 23.2 Å². The van der Waals surface area contributed by atoms with E-state index in [4.69, 9.17) is 0 Å². The van der Waals surface area contributed by atoms with Gasteiger partial charge in [0.2, 0.25) is 0 Å². The number of hydrogen-bond acceptors (Lipinski definition) is 3. The second-order valence-corrected chi connectivity index (χ2v) is 6.77. The first-order chi connectivity index (χ1) is 10.2. The Labute approximate surface area is 131 Å². The maximum atomic E-state index is 12.5. The lowest BCUT2D eigenvalue weighted by molar-refractivity contribution is 0.0620. The van der Waals surface area contributed by atoms with Gasteiger partial charge in [-0.3, -0.25) is 4.79 Å². The summed E-state index contributed by atoms with van der Waals surface area (Å²) in [4.78, 5) is 19.2. The van der Waals surface area contributed by atoms with Gasteiger partial charge < -0.3 is 14.6 Å². The van der Waals surface area contributed by atoms with Gasteiger partial charge in [-0.25, -0.2) is 4.98 Å². The number of rotatable bonds is 2. The fourth-order valence-electron chi connectivity index (χ4n) is 3.47. The van der Waals surface area contributed by atoms with Crippen molar-refractivity contribution < 1.29 is 4.79 Å². The summed E-state index contributed by atoms with van der Waals surface area (Å²) in [6.07, 6.45) is 6.16. The van der Waals surface area contributed by atoms with Crippen molar-refractivity contribution in [3.63, 3.8) is 0 Å². The van der Waals surface area contributed by atoms with Crippen molar-refractivity contribution in [1.82, 2.24) is 19.6 Å². The number of nitrogens with one attached hydrogen (secondary N) is 1. The van der Waals surface area contributed by atoms with Gasteiger partial charge in [0.1, 0.15) is 10.3 Å². The van der Waals surface area contributed by atoms with Crippen molar-refractivity contribution in [1.29, 1.82) is 0 Å². The molecule has 3 aliphatic rings. The molecule has 0 spiro atoms. The van der Waals surface area contributed by atoms with Crippen LogP contribution in [0.25, 0.3) is 5.65 Å². The van der Waals surface area contributed by atoms with Crippen LogP contribution in [0.15, 0.2) is 29.1 Å². The number of amides is 1. The minimum absolute atomic E-state index is 0.00960. The molecular weight excluding hydrogens is 332 g/mol. The monoisotopic (exact) mass is 348 g/mol. The first-order valence-electron chi connectivity index (χ1n) is 7.36. The van der Waals surface area contributed by atoms with Crippen molar-refractivity contribution in [3.8, 4) is 0 Å². The molecule has 0 radical (unpaired) electrons. The van der Waals surface area contributed by atoms with Gasteiger partial charge in [-0.15, -0.1) is 0 Å². The predicted octanol–water partition coefficient (Wildman–Crippen LogP) is 1.92. The molecule has 3 saturated heterocycles. The Morgan fingerprint density at radius 1 is 1.38 bits per heavy atom. The average Bonchev–Trinajstić information content (AvgIpc) is 2.87. The second-order valence-electron chi connectivity index (χ2n) is 5.96. The quantitative estimate of drug-likeness (QED) is 0.901. The van der Waals surface area contributed by atoms with Crippen LogP contribution in [0.2, 0.25) is 0 Å². The fourth-order valence-corrected chi connectivity index (χ4v) is 3.87. The van der Waals surface area contributed by atoms with E-state index in [0.29, 0.717) is 17.5 Å². The number of piperidine rings is 3. The number of imidazole rings is 1. The van der Waals surface area contributed by atoms with Gasteiger partial charge in [-0.2, -0.15) is 0 Å². The van der Waals surface area contributed by atoms with Crippen LogP contribution >= 0.6 is 15.9 Å². The van der Waals surface area contributed by atoms with E-state index in [0.717, 1.165) is 16.8 Å². The molecule has 0 unspecified atom stereocenters. The molecule has 21 heavy (non-hydrogen) atoms. The Kier molecular flexibility index (Phi) is 3.23. The van der Waals surface area contributed by atoms with Gasteiger partial charge in [-0.05, 0) is 59.9 Å². The van der Waals surface area contributed by atoms with Gasteiger partial charge in [0, 0.05) is 30.5 Å². The number of carbonyl (C=O) groups is 1. The highest BCUT2D eigenvalue weighted by molar-refractivity contribution is 9.10. The second kappa shape index (κ2) is 5.10. The van der Waals surface area contributed by atoms with E-state index in [1.807, 2.05) is 28.9 Å². The first-order valence-corrected chi connectivity index (χ1v) is 8.16. The normalized spacial score (nSPS) is 28.0. The molecule has 3 aliphatic heterocycles. The van der Waals surface area contributed by atoms with Crippen molar-refractivity contribution >= 4 is 27.5 Å². The van der Waals surface area contributed by atoms with Crippen LogP contribution in [-0.2, 0) is 0 Å². The Morgan fingerprint density at radius 3 is 2.90 bits per heavy atom. The highest BCUT2D eigenvalue weighted by Crippen LogP contribution is 2.27. The van der Waals surface area contributed by atoms with E-state index in [1.54, 1.807) is 0 Å². The largest absolute Gasteiger partial charge is 0.348 e. The summed E-state index contributed by atoms with van der Waals surface area (Å²) < 4.78 is 2.67. The molecule has 2 aromatic heterocycles. The molecule has 6 heteroatoms. The lowest BCUT2D eigenvalue weighted by Gasteiger charge is -2.44. The Hall–Kier alpha value is -1.40. The third-order valence-corrected chi connectivity index (χ3v) is 5.05. The minimum Gasteiger partial charge on any atom is -0.348 e. The Balaban J connectivity index is 1.53. The molecule has 5 nitrogen and oxygen atoms in total. The summed E-state index contributed by atoms with van der Waals surface area (Å²) >= 11 is 3.35. The maximum absolute atomic E-state index is 12.5. The number of aromatic nitrogens is 2. The van der Waals surface area contributed by atoms with Crippen LogP contribution in [0.4, 0.5) is 0 Å². The van der Waals surface area contributed by atoms with Gasteiger partial charge >= 0.3 is 0 Å². The van der Waals surface area contributed by atoms with Gasteiger partial charge in [-0.1, -0.05) is 0 Å². The molecule has 1 atom stereocenters. The van der Waals surface area contributed by atoms with Crippen molar-refractivity contribution in [2.45, 2.75) is 18.9 Å². The van der Waals surface area contributed by atoms with Crippen LogP contribution in [0.3, 0.4) is 0 Å².